The fraction of sp³-hybridized carbons (Fsp3) is 0.871. The fourth-order valence-electron chi connectivity index (χ4n) is 10.7. The van der Waals surface area contributed by atoms with E-state index in [1.807, 2.05) is 0 Å². The molecule has 202 valence electrons. The van der Waals surface area contributed by atoms with Gasteiger partial charge in [0.1, 0.15) is 5.78 Å². The molecule has 0 unspecified atom stereocenters. The van der Waals surface area contributed by atoms with Crippen LogP contribution in [0.5, 0.6) is 0 Å². The molecule has 0 amide bonds. The van der Waals surface area contributed by atoms with Crippen molar-refractivity contribution < 1.29 is 24.5 Å². The molecule has 0 aromatic rings. The number of aliphatic carboxylic acids is 1. The number of rotatable bonds is 2. The highest BCUT2D eigenvalue weighted by molar-refractivity contribution is 5.85. The highest BCUT2D eigenvalue weighted by atomic mass is 16.5. The maximum Gasteiger partial charge on any atom is 0.310 e. The Morgan fingerprint density at radius 2 is 1.67 bits per heavy atom. The van der Waals surface area contributed by atoms with Gasteiger partial charge in [0.15, 0.2) is 0 Å². The second-order valence-corrected chi connectivity index (χ2v) is 15.2. The zero-order valence-electron chi connectivity index (χ0n) is 23.7. The van der Waals surface area contributed by atoms with Crippen LogP contribution in [0.2, 0.25) is 0 Å². The topological polar surface area (TPSA) is 83.8 Å². The number of carbonyl (C=O) groups is 2. The molecule has 0 aromatic carbocycles. The first kappa shape index (κ1) is 26.4. The Morgan fingerprint density at radius 3 is 2.28 bits per heavy atom. The Hall–Kier alpha value is -1.20. The SMILES string of the molecule is CO[C@@H]1C=C2[C@@H]3CC(C)(C)[C@H](O)C[C@]3(C(=O)O)CC[C@@]2(C)[C@]2(C)CC[C@H]3C(C)(C)C(=O)CC[C@]3(C)[C@@H]12. The van der Waals surface area contributed by atoms with Crippen LogP contribution in [-0.4, -0.2) is 41.3 Å². The van der Waals surface area contributed by atoms with E-state index in [1.54, 1.807) is 7.11 Å². The number of methoxy groups -OCH3 is 1. The Bertz CT molecular complexity index is 1010. The van der Waals surface area contributed by atoms with E-state index in [0.29, 0.717) is 37.4 Å². The van der Waals surface area contributed by atoms with Crippen molar-refractivity contribution in [2.45, 2.75) is 112 Å². The summed E-state index contributed by atoms with van der Waals surface area (Å²) in [5.74, 6) is 0.139. The Morgan fingerprint density at radius 1 is 1.00 bits per heavy atom. The number of allylic oxidation sites excluding steroid dienone is 1. The quantitative estimate of drug-likeness (QED) is 0.452. The van der Waals surface area contributed by atoms with E-state index in [9.17, 15) is 19.8 Å². The number of carbonyl (C=O) groups excluding carboxylic acids is 1. The van der Waals surface area contributed by atoms with Gasteiger partial charge in [-0.05, 0) is 78.4 Å². The number of hydrogen-bond donors (Lipinski definition) is 2. The van der Waals surface area contributed by atoms with Crippen LogP contribution in [0, 0.1) is 50.2 Å². The van der Waals surface area contributed by atoms with Crippen molar-refractivity contribution in [1.82, 2.24) is 0 Å². The number of carboxylic acid groups (broad SMARTS) is 1. The molecule has 0 aromatic heterocycles. The fourth-order valence-corrected chi connectivity index (χ4v) is 10.7. The molecule has 5 nitrogen and oxygen atoms in total. The van der Waals surface area contributed by atoms with Crippen molar-refractivity contribution in [3.05, 3.63) is 11.6 Å². The summed E-state index contributed by atoms with van der Waals surface area (Å²) in [4.78, 5) is 25.9. The molecule has 4 saturated carbocycles. The average Bonchev–Trinajstić information content (AvgIpc) is 2.78. The predicted molar refractivity (Wildman–Crippen MR) is 139 cm³/mol. The van der Waals surface area contributed by atoms with E-state index in [4.69, 9.17) is 4.74 Å². The molecule has 0 heterocycles. The molecule has 5 heteroatoms. The molecule has 0 aliphatic heterocycles. The monoisotopic (exact) mass is 500 g/mol. The van der Waals surface area contributed by atoms with Crippen molar-refractivity contribution in [3.8, 4) is 0 Å². The second kappa shape index (κ2) is 7.68. The van der Waals surface area contributed by atoms with E-state index in [1.165, 1.54) is 5.57 Å². The third kappa shape index (κ3) is 3.02. The van der Waals surface area contributed by atoms with Crippen molar-refractivity contribution in [3.63, 3.8) is 0 Å². The molecule has 0 spiro atoms. The third-order valence-electron chi connectivity index (χ3n) is 13.2. The molecule has 9 atom stereocenters. The summed E-state index contributed by atoms with van der Waals surface area (Å²) >= 11 is 0. The summed E-state index contributed by atoms with van der Waals surface area (Å²) in [5.41, 5.74) is -0.498. The molecule has 0 bridgehead atoms. The first-order valence-corrected chi connectivity index (χ1v) is 14.2. The van der Waals surface area contributed by atoms with Crippen molar-refractivity contribution in [2.24, 2.45) is 50.2 Å². The molecule has 5 rings (SSSR count). The lowest BCUT2D eigenvalue weighted by Crippen LogP contribution is -2.68. The van der Waals surface area contributed by atoms with Gasteiger partial charge in [-0.1, -0.05) is 60.1 Å². The van der Waals surface area contributed by atoms with Gasteiger partial charge >= 0.3 is 5.97 Å². The molecule has 36 heavy (non-hydrogen) atoms. The van der Waals surface area contributed by atoms with Crippen LogP contribution in [0.3, 0.4) is 0 Å². The van der Waals surface area contributed by atoms with Gasteiger partial charge in [0, 0.05) is 24.9 Å². The minimum absolute atomic E-state index is 0.0144. The Labute approximate surface area is 217 Å². The second-order valence-electron chi connectivity index (χ2n) is 15.2. The van der Waals surface area contributed by atoms with Gasteiger partial charge in [0.2, 0.25) is 0 Å². The van der Waals surface area contributed by atoms with Gasteiger partial charge < -0.3 is 14.9 Å². The summed E-state index contributed by atoms with van der Waals surface area (Å²) in [7, 11) is 1.80. The normalized spacial score (nSPS) is 51.2. The number of ether oxygens (including phenoxy) is 1. The maximum atomic E-state index is 13.0. The molecular formula is C31H48O5. The molecule has 4 fully saturated rings. The van der Waals surface area contributed by atoms with Crippen LogP contribution < -0.4 is 0 Å². The Kier molecular flexibility index (Phi) is 5.64. The number of aliphatic hydroxyl groups is 1. The molecule has 5 aliphatic carbocycles. The van der Waals surface area contributed by atoms with E-state index in [2.05, 4.69) is 54.5 Å². The number of carboxylic acids is 1. The standard InChI is InChI=1S/C31H48O5/c1-26(2)16-19-18-15-20(36-8)24-28(5)11-10-22(32)27(3,4)21(28)9-12-30(24,7)29(18,6)13-14-31(19,25(34)35)17-23(26)33/h15,19-21,23-24,33H,9-14,16-17H2,1-8H3,(H,34,35)/t19-,20+,21-,23+,24+,28-,29+,30+,31+/m0/s1. The van der Waals surface area contributed by atoms with Gasteiger partial charge in [-0.25, -0.2) is 0 Å². The summed E-state index contributed by atoms with van der Waals surface area (Å²) < 4.78 is 6.32. The predicted octanol–water partition coefficient (Wildman–Crippen LogP) is 6.04. The number of Topliss-reactive ketones (excluding diaryl/α,β-unsaturated/α-hetero) is 1. The van der Waals surface area contributed by atoms with Gasteiger partial charge in [-0.3, -0.25) is 9.59 Å². The minimum Gasteiger partial charge on any atom is -0.481 e. The first-order valence-electron chi connectivity index (χ1n) is 14.2. The van der Waals surface area contributed by atoms with Crippen molar-refractivity contribution >= 4 is 11.8 Å². The lowest BCUT2D eigenvalue weighted by molar-refractivity contribution is -0.215. The lowest BCUT2D eigenvalue weighted by Gasteiger charge is -2.71. The van der Waals surface area contributed by atoms with Crippen molar-refractivity contribution in [1.29, 1.82) is 0 Å². The zero-order valence-corrected chi connectivity index (χ0v) is 23.7. The van der Waals surface area contributed by atoms with E-state index in [-0.39, 0.29) is 45.0 Å². The van der Waals surface area contributed by atoms with Crippen LogP contribution in [0.4, 0.5) is 0 Å². The van der Waals surface area contributed by atoms with E-state index in [0.717, 1.165) is 25.7 Å². The number of hydrogen-bond acceptors (Lipinski definition) is 4. The molecule has 5 aliphatic rings. The third-order valence-corrected chi connectivity index (χ3v) is 13.2. The van der Waals surface area contributed by atoms with Crippen LogP contribution in [0.25, 0.3) is 0 Å². The van der Waals surface area contributed by atoms with Gasteiger partial charge in [-0.15, -0.1) is 0 Å². The maximum absolute atomic E-state index is 13.0. The van der Waals surface area contributed by atoms with Crippen LogP contribution in [0.1, 0.15) is 99.8 Å². The summed E-state index contributed by atoms with van der Waals surface area (Å²) in [6.45, 7) is 15.8. The van der Waals surface area contributed by atoms with Gasteiger partial charge in [0.25, 0.3) is 0 Å². The zero-order chi connectivity index (χ0) is 26.7. The summed E-state index contributed by atoms with van der Waals surface area (Å²) in [6.07, 6.45) is 7.64. The van der Waals surface area contributed by atoms with Gasteiger partial charge in [0.05, 0.1) is 17.6 Å². The summed E-state index contributed by atoms with van der Waals surface area (Å²) in [6, 6.07) is 0. The Balaban J connectivity index is 1.68. The number of fused-ring (bicyclic) bond motifs is 7. The smallest absolute Gasteiger partial charge is 0.310 e. The summed E-state index contributed by atoms with van der Waals surface area (Å²) in [5, 5.41) is 21.6. The van der Waals surface area contributed by atoms with E-state index < -0.39 is 17.5 Å². The van der Waals surface area contributed by atoms with Crippen molar-refractivity contribution in [2.75, 3.05) is 7.11 Å². The van der Waals surface area contributed by atoms with Gasteiger partial charge in [-0.2, -0.15) is 0 Å². The number of aliphatic hydroxyl groups excluding tert-OH is 1. The molecule has 0 radical (unpaired) electrons. The highest BCUT2D eigenvalue weighted by Crippen LogP contribution is 2.75. The molecule has 2 N–H and O–H groups in total. The average molecular weight is 501 g/mol. The van der Waals surface area contributed by atoms with E-state index >= 15 is 0 Å². The van der Waals surface area contributed by atoms with Crippen LogP contribution in [-0.2, 0) is 14.3 Å². The number of ketones is 1. The highest BCUT2D eigenvalue weighted by Gasteiger charge is 2.71. The molecule has 0 saturated heterocycles. The lowest BCUT2D eigenvalue weighted by atomic mass is 9.33. The van der Waals surface area contributed by atoms with Crippen LogP contribution >= 0.6 is 0 Å². The first-order chi connectivity index (χ1) is 16.5. The van der Waals surface area contributed by atoms with Crippen LogP contribution in [0.15, 0.2) is 11.6 Å². The minimum atomic E-state index is -0.915. The largest absolute Gasteiger partial charge is 0.481 e. The molecular weight excluding hydrogens is 452 g/mol.